The Kier molecular flexibility index (Phi) is 5.76. The number of carboxylic acid groups (broad SMARTS) is 1. The minimum absolute atomic E-state index is 0.309. The SMILES string of the molecule is CCc1ccc(C(C)(C)c2c(C(=O)O)c3ccc(C#N)cc3n2C(C)(C)C)cc1I. The first kappa shape index (κ1) is 22.4. The molecule has 0 amide bonds. The van der Waals surface area contributed by atoms with Crippen molar-refractivity contribution in [2.24, 2.45) is 0 Å². The lowest BCUT2D eigenvalue weighted by Crippen LogP contribution is -2.32. The van der Waals surface area contributed by atoms with Crippen molar-refractivity contribution >= 4 is 39.5 Å². The molecule has 0 saturated carbocycles. The molecule has 4 nitrogen and oxygen atoms in total. The fraction of sp³-hybridized carbons (Fsp3) is 0.360. The van der Waals surface area contributed by atoms with Gasteiger partial charge in [0.15, 0.2) is 0 Å². The highest BCUT2D eigenvalue weighted by atomic mass is 127. The Morgan fingerprint density at radius 2 is 1.80 bits per heavy atom. The number of aryl methyl sites for hydroxylation is 1. The van der Waals surface area contributed by atoms with Crippen LogP contribution in [-0.4, -0.2) is 15.6 Å². The summed E-state index contributed by atoms with van der Waals surface area (Å²) in [6.07, 6.45) is 0.957. The van der Waals surface area contributed by atoms with Gasteiger partial charge in [0, 0.05) is 25.6 Å². The molecule has 0 atom stereocenters. The fourth-order valence-electron chi connectivity index (χ4n) is 4.22. The molecular weight excluding hydrogens is 487 g/mol. The van der Waals surface area contributed by atoms with Gasteiger partial charge in [-0.2, -0.15) is 5.26 Å². The number of fused-ring (bicyclic) bond motifs is 1. The van der Waals surface area contributed by atoms with Gasteiger partial charge in [0.05, 0.1) is 22.7 Å². The van der Waals surface area contributed by atoms with Gasteiger partial charge in [0.25, 0.3) is 0 Å². The Bertz CT molecular complexity index is 1190. The van der Waals surface area contributed by atoms with E-state index in [0.717, 1.165) is 23.2 Å². The summed E-state index contributed by atoms with van der Waals surface area (Å²) >= 11 is 2.36. The van der Waals surface area contributed by atoms with Gasteiger partial charge in [-0.1, -0.05) is 39.0 Å². The predicted molar refractivity (Wildman–Crippen MR) is 129 cm³/mol. The largest absolute Gasteiger partial charge is 0.478 e. The van der Waals surface area contributed by atoms with Crippen molar-refractivity contribution in [3.05, 3.63) is 67.9 Å². The Hall–Kier alpha value is -2.33. The van der Waals surface area contributed by atoms with E-state index in [2.05, 4.69) is 93.0 Å². The standard InChI is InChI=1S/C25H27IN2O2/c1-7-16-9-10-17(13-19(16)26)25(5,6)22-21(23(29)30)18-11-8-15(14-27)12-20(18)28(22)24(2,3)4/h8-13H,7H2,1-6H3,(H,29,30). The van der Waals surface area contributed by atoms with E-state index in [9.17, 15) is 15.2 Å². The van der Waals surface area contributed by atoms with E-state index < -0.39 is 11.4 Å². The molecule has 0 aliphatic heterocycles. The average Bonchev–Trinajstić information content (AvgIpc) is 3.03. The number of benzene rings is 2. The van der Waals surface area contributed by atoms with Crippen molar-refractivity contribution in [2.75, 3.05) is 0 Å². The zero-order chi connectivity index (χ0) is 22.4. The van der Waals surface area contributed by atoms with Gasteiger partial charge in [0.1, 0.15) is 0 Å². The number of aromatic nitrogens is 1. The van der Waals surface area contributed by atoms with Crippen LogP contribution >= 0.6 is 22.6 Å². The molecule has 30 heavy (non-hydrogen) atoms. The normalized spacial score (nSPS) is 12.2. The third kappa shape index (κ3) is 3.62. The van der Waals surface area contributed by atoms with Crippen molar-refractivity contribution in [3.63, 3.8) is 0 Å². The Morgan fingerprint density at radius 3 is 2.30 bits per heavy atom. The van der Waals surface area contributed by atoms with Crippen LogP contribution < -0.4 is 0 Å². The zero-order valence-electron chi connectivity index (χ0n) is 18.3. The molecule has 1 N–H and O–H groups in total. The highest BCUT2D eigenvalue weighted by molar-refractivity contribution is 14.1. The lowest BCUT2D eigenvalue weighted by atomic mass is 9.78. The summed E-state index contributed by atoms with van der Waals surface area (Å²) < 4.78 is 3.29. The van der Waals surface area contributed by atoms with Gasteiger partial charge in [-0.25, -0.2) is 4.79 Å². The van der Waals surface area contributed by atoms with E-state index >= 15 is 0 Å². The van der Waals surface area contributed by atoms with Crippen LogP contribution in [0, 0.1) is 14.9 Å². The number of aromatic carboxylic acids is 1. The van der Waals surface area contributed by atoms with Crippen molar-refractivity contribution in [3.8, 4) is 6.07 Å². The summed E-state index contributed by atoms with van der Waals surface area (Å²) in [4.78, 5) is 12.5. The summed E-state index contributed by atoms with van der Waals surface area (Å²) in [6.45, 7) is 12.5. The van der Waals surface area contributed by atoms with Crippen molar-refractivity contribution in [2.45, 2.75) is 58.9 Å². The number of carboxylic acids is 1. The maximum absolute atomic E-state index is 12.5. The minimum Gasteiger partial charge on any atom is -0.478 e. The lowest BCUT2D eigenvalue weighted by molar-refractivity contribution is 0.0696. The smallest absolute Gasteiger partial charge is 0.338 e. The molecule has 2 aromatic carbocycles. The molecule has 5 heteroatoms. The van der Waals surface area contributed by atoms with Crippen molar-refractivity contribution in [1.82, 2.24) is 4.57 Å². The summed E-state index contributed by atoms with van der Waals surface area (Å²) in [5.41, 5.74) is 3.79. The van der Waals surface area contributed by atoms with Crippen LogP contribution in [0.25, 0.3) is 10.9 Å². The number of hydrogen-bond donors (Lipinski definition) is 1. The number of halogens is 1. The molecule has 1 aromatic heterocycles. The van der Waals surface area contributed by atoms with Gasteiger partial charge in [-0.15, -0.1) is 0 Å². The van der Waals surface area contributed by atoms with Crippen LogP contribution in [0.4, 0.5) is 0 Å². The topological polar surface area (TPSA) is 66.0 Å². The highest BCUT2D eigenvalue weighted by Crippen LogP contribution is 2.42. The van der Waals surface area contributed by atoms with E-state index in [1.54, 1.807) is 18.2 Å². The van der Waals surface area contributed by atoms with Gasteiger partial charge in [0.2, 0.25) is 0 Å². The second kappa shape index (κ2) is 7.73. The highest BCUT2D eigenvalue weighted by Gasteiger charge is 2.37. The van der Waals surface area contributed by atoms with E-state index in [0.29, 0.717) is 16.5 Å². The molecule has 0 saturated heterocycles. The Labute approximate surface area is 191 Å². The van der Waals surface area contributed by atoms with Gasteiger partial charge in [-0.05, 0) is 79.1 Å². The maximum Gasteiger partial charge on any atom is 0.338 e. The number of carbonyl (C=O) groups is 1. The molecule has 3 rings (SSSR count). The van der Waals surface area contributed by atoms with Crippen LogP contribution in [0.2, 0.25) is 0 Å². The summed E-state index contributed by atoms with van der Waals surface area (Å²) in [7, 11) is 0. The summed E-state index contributed by atoms with van der Waals surface area (Å²) in [5, 5.41) is 20.3. The monoisotopic (exact) mass is 514 g/mol. The number of hydrogen-bond acceptors (Lipinski definition) is 2. The molecule has 0 spiro atoms. The zero-order valence-corrected chi connectivity index (χ0v) is 20.5. The van der Waals surface area contributed by atoms with Crippen molar-refractivity contribution < 1.29 is 9.90 Å². The fourth-order valence-corrected chi connectivity index (χ4v) is 5.12. The first-order valence-corrected chi connectivity index (χ1v) is 11.1. The minimum atomic E-state index is -0.948. The van der Waals surface area contributed by atoms with Crippen molar-refractivity contribution in [1.29, 1.82) is 5.26 Å². The second-order valence-electron chi connectivity index (χ2n) is 9.16. The van der Waals surface area contributed by atoms with Crippen LogP contribution in [-0.2, 0) is 17.4 Å². The van der Waals surface area contributed by atoms with Crippen LogP contribution in [0.15, 0.2) is 36.4 Å². The first-order valence-electron chi connectivity index (χ1n) is 10.0. The quantitative estimate of drug-likeness (QED) is 0.407. The molecule has 3 aromatic rings. The average molecular weight is 514 g/mol. The Balaban J connectivity index is 2.47. The molecule has 0 bridgehead atoms. The summed E-state index contributed by atoms with van der Waals surface area (Å²) in [5.74, 6) is -0.948. The van der Waals surface area contributed by atoms with E-state index in [1.165, 1.54) is 9.13 Å². The molecule has 0 aliphatic carbocycles. The second-order valence-corrected chi connectivity index (χ2v) is 10.3. The van der Waals surface area contributed by atoms with Crippen LogP contribution in [0.5, 0.6) is 0 Å². The van der Waals surface area contributed by atoms with Crippen LogP contribution in [0.1, 0.15) is 74.3 Å². The maximum atomic E-state index is 12.5. The van der Waals surface area contributed by atoms with Gasteiger partial charge in [-0.3, -0.25) is 0 Å². The molecule has 156 valence electrons. The molecule has 0 radical (unpaired) electrons. The third-order valence-electron chi connectivity index (χ3n) is 5.73. The lowest BCUT2D eigenvalue weighted by Gasteiger charge is -2.34. The molecular formula is C25H27IN2O2. The van der Waals surface area contributed by atoms with Crippen LogP contribution in [0.3, 0.4) is 0 Å². The third-order valence-corrected chi connectivity index (χ3v) is 6.73. The van der Waals surface area contributed by atoms with E-state index in [4.69, 9.17) is 0 Å². The molecule has 0 fully saturated rings. The molecule has 0 unspecified atom stereocenters. The predicted octanol–water partition coefficient (Wildman–Crippen LogP) is 6.46. The number of rotatable bonds is 4. The number of nitrogens with zero attached hydrogens (tertiary/aromatic N) is 2. The van der Waals surface area contributed by atoms with E-state index in [-0.39, 0.29) is 5.54 Å². The first-order chi connectivity index (χ1) is 13.9. The van der Waals surface area contributed by atoms with Gasteiger partial charge < -0.3 is 9.67 Å². The molecule has 0 aliphatic rings. The number of nitriles is 1. The van der Waals surface area contributed by atoms with Gasteiger partial charge >= 0.3 is 5.97 Å². The summed E-state index contributed by atoms with van der Waals surface area (Å²) in [6, 6.07) is 13.9. The van der Waals surface area contributed by atoms with E-state index in [1.807, 2.05) is 0 Å². The molecule has 1 heterocycles. The Morgan fingerprint density at radius 1 is 1.13 bits per heavy atom.